The van der Waals surface area contributed by atoms with E-state index in [1.54, 1.807) is 0 Å². The molecule has 3 amide bonds. The van der Waals surface area contributed by atoms with Gasteiger partial charge in [0.1, 0.15) is 25.0 Å². The molecule has 0 saturated heterocycles. The first-order valence-electron chi connectivity index (χ1n) is 13.4. The van der Waals surface area contributed by atoms with E-state index in [-0.39, 0.29) is 31.4 Å². The lowest BCUT2D eigenvalue weighted by atomic mass is 9.96. The summed E-state index contributed by atoms with van der Waals surface area (Å²) in [6.45, 7) is 4.00. The lowest BCUT2D eigenvalue weighted by Gasteiger charge is -2.27. The number of hydrogen-bond donors (Lipinski definition) is 5. The zero-order chi connectivity index (χ0) is 29.3. The number of aliphatic imine (C=N–C) groups is 1. The molecular weight excluding hydrogens is 512 g/mol. The molecule has 0 heterocycles. The summed E-state index contributed by atoms with van der Waals surface area (Å²) in [5.41, 5.74) is 12.4. The third kappa shape index (κ3) is 11.5. The number of hydrogen-bond acceptors (Lipinski definition) is 6. The zero-order valence-corrected chi connectivity index (χ0v) is 23.0. The molecule has 0 bridgehead atoms. The van der Waals surface area contributed by atoms with Crippen LogP contribution in [0.25, 0.3) is 0 Å². The Hall–Kier alpha value is -4.41. The van der Waals surface area contributed by atoms with Gasteiger partial charge in [0, 0.05) is 6.54 Å². The van der Waals surface area contributed by atoms with Gasteiger partial charge in [-0.05, 0) is 36.3 Å². The summed E-state index contributed by atoms with van der Waals surface area (Å²) in [6.07, 6.45) is 1.39. The van der Waals surface area contributed by atoms with Gasteiger partial charge in [0.15, 0.2) is 5.96 Å². The lowest BCUT2D eigenvalue weighted by molar-refractivity contribution is -0.132. The van der Waals surface area contributed by atoms with E-state index in [1.807, 2.05) is 74.5 Å². The first kappa shape index (κ1) is 31.8. The smallest absolute Gasteiger partial charge is 0.408 e. The Balaban J connectivity index is 2.09. The molecule has 216 valence electrons. The number of nitrogens with one attached hydrogen (secondary N) is 3. The van der Waals surface area contributed by atoms with Crippen LogP contribution in [-0.4, -0.2) is 54.8 Å². The fraction of sp³-hybridized carbons (Fsp3) is 0.414. The van der Waals surface area contributed by atoms with Gasteiger partial charge in [-0.3, -0.25) is 14.6 Å². The van der Waals surface area contributed by atoms with Crippen LogP contribution >= 0.6 is 0 Å². The second kappa shape index (κ2) is 17.2. The van der Waals surface area contributed by atoms with E-state index in [0.29, 0.717) is 25.5 Å². The van der Waals surface area contributed by atoms with Crippen LogP contribution in [-0.2, 0) is 32.1 Å². The van der Waals surface area contributed by atoms with E-state index in [2.05, 4.69) is 20.9 Å². The van der Waals surface area contributed by atoms with Gasteiger partial charge < -0.3 is 36.9 Å². The summed E-state index contributed by atoms with van der Waals surface area (Å²) in [6, 6.07) is 15.7. The normalized spacial score (nSPS) is 13.6. The van der Waals surface area contributed by atoms with E-state index < -0.39 is 36.0 Å². The summed E-state index contributed by atoms with van der Waals surface area (Å²) in [4.78, 5) is 54.8. The predicted octanol–water partition coefficient (Wildman–Crippen LogP) is 1.79. The predicted molar refractivity (Wildman–Crippen MR) is 153 cm³/mol. The fourth-order valence-corrected chi connectivity index (χ4v) is 3.91. The standard InChI is InChI=1S/C29H40N6O5/c1-3-20(2)25(27(38)33-23(18-36)17-21-11-6-4-7-12-21)35-26(37)24(15-10-16-32-28(30)31)34-29(39)40-19-22-13-8-5-9-14-22/h4-9,11-14,18,20,23-25H,3,10,15-17,19H2,1-2H3,(H,33,38)(H,34,39)(H,35,37)(H4,30,31,32)/t20-,23+,24-,25-/m0/s1. The van der Waals surface area contributed by atoms with Crippen molar-refractivity contribution in [3.63, 3.8) is 0 Å². The molecule has 0 saturated carbocycles. The quantitative estimate of drug-likeness (QED) is 0.0912. The van der Waals surface area contributed by atoms with Crippen molar-refractivity contribution in [2.45, 2.75) is 64.3 Å². The lowest BCUT2D eigenvalue weighted by Crippen LogP contribution is -2.57. The van der Waals surface area contributed by atoms with Crippen molar-refractivity contribution in [3.05, 3.63) is 71.8 Å². The van der Waals surface area contributed by atoms with Crippen LogP contribution in [0, 0.1) is 5.92 Å². The number of guanidine groups is 1. The van der Waals surface area contributed by atoms with Crippen LogP contribution in [0.5, 0.6) is 0 Å². The van der Waals surface area contributed by atoms with Gasteiger partial charge >= 0.3 is 6.09 Å². The minimum Gasteiger partial charge on any atom is -0.445 e. The van der Waals surface area contributed by atoms with Crippen molar-refractivity contribution in [2.24, 2.45) is 22.4 Å². The van der Waals surface area contributed by atoms with Crippen LogP contribution in [0.1, 0.15) is 44.2 Å². The number of rotatable bonds is 16. The number of carbonyl (C=O) groups excluding carboxylic acids is 4. The van der Waals surface area contributed by atoms with Gasteiger partial charge in [0.2, 0.25) is 11.8 Å². The van der Waals surface area contributed by atoms with Crippen LogP contribution in [0.15, 0.2) is 65.7 Å². The second-order valence-corrected chi connectivity index (χ2v) is 9.52. The van der Waals surface area contributed by atoms with Crippen LogP contribution in [0.2, 0.25) is 0 Å². The van der Waals surface area contributed by atoms with Gasteiger partial charge in [0.05, 0.1) is 6.04 Å². The number of nitrogens with two attached hydrogens (primary N) is 2. The summed E-state index contributed by atoms with van der Waals surface area (Å²) in [7, 11) is 0. The highest BCUT2D eigenvalue weighted by Crippen LogP contribution is 2.11. The molecule has 7 N–H and O–H groups in total. The van der Waals surface area contributed by atoms with Crippen molar-refractivity contribution in [1.29, 1.82) is 0 Å². The fourth-order valence-electron chi connectivity index (χ4n) is 3.91. The summed E-state index contributed by atoms with van der Waals surface area (Å²) >= 11 is 0. The molecule has 40 heavy (non-hydrogen) atoms. The molecule has 2 rings (SSSR count). The second-order valence-electron chi connectivity index (χ2n) is 9.52. The first-order valence-corrected chi connectivity index (χ1v) is 13.4. The Labute approximate surface area is 235 Å². The molecule has 11 heteroatoms. The zero-order valence-electron chi connectivity index (χ0n) is 23.0. The van der Waals surface area contributed by atoms with Gasteiger partial charge in [-0.25, -0.2) is 4.79 Å². The number of aldehydes is 1. The van der Waals surface area contributed by atoms with Crippen molar-refractivity contribution in [2.75, 3.05) is 6.54 Å². The largest absolute Gasteiger partial charge is 0.445 e. The SMILES string of the molecule is CC[C@H](C)[C@H](NC(=O)[C@H](CCCN=C(N)N)NC(=O)OCc1ccccc1)C(=O)N[C@@H](C=O)Cc1ccccc1. The third-order valence-corrected chi connectivity index (χ3v) is 6.35. The molecule has 2 aromatic rings. The van der Waals surface area contributed by atoms with E-state index in [4.69, 9.17) is 16.2 Å². The summed E-state index contributed by atoms with van der Waals surface area (Å²) in [5, 5.41) is 8.10. The molecule has 0 spiro atoms. The molecule has 0 fully saturated rings. The molecule has 11 nitrogen and oxygen atoms in total. The van der Waals surface area contributed by atoms with Crippen LogP contribution in [0.3, 0.4) is 0 Å². The molecule has 0 aliphatic heterocycles. The van der Waals surface area contributed by atoms with E-state index in [0.717, 1.165) is 11.1 Å². The summed E-state index contributed by atoms with van der Waals surface area (Å²) < 4.78 is 5.28. The maximum Gasteiger partial charge on any atom is 0.408 e. The van der Waals surface area contributed by atoms with E-state index in [9.17, 15) is 19.2 Å². The van der Waals surface area contributed by atoms with E-state index >= 15 is 0 Å². The van der Waals surface area contributed by atoms with Crippen molar-refractivity contribution in [3.8, 4) is 0 Å². The average Bonchev–Trinajstić information content (AvgIpc) is 2.96. The molecule has 4 atom stereocenters. The number of amides is 3. The number of alkyl carbamates (subject to hydrolysis) is 1. The average molecular weight is 553 g/mol. The minimum absolute atomic E-state index is 0.0292. The Kier molecular flexibility index (Phi) is 13.7. The molecular formula is C29H40N6O5. The Bertz CT molecular complexity index is 1110. The number of benzene rings is 2. The molecule has 0 aliphatic rings. The molecule has 0 aliphatic carbocycles. The van der Waals surface area contributed by atoms with Crippen molar-refractivity contribution >= 4 is 30.2 Å². The Morgan fingerprint density at radius 1 is 0.925 bits per heavy atom. The topological polar surface area (TPSA) is 178 Å². The Morgan fingerprint density at radius 3 is 2.12 bits per heavy atom. The Morgan fingerprint density at radius 2 is 1.55 bits per heavy atom. The van der Waals surface area contributed by atoms with Gasteiger partial charge in [-0.15, -0.1) is 0 Å². The number of nitrogens with zero attached hydrogens (tertiary/aromatic N) is 1. The van der Waals surface area contributed by atoms with Gasteiger partial charge in [0.25, 0.3) is 0 Å². The third-order valence-electron chi connectivity index (χ3n) is 6.35. The molecule has 0 aromatic heterocycles. The first-order chi connectivity index (χ1) is 19.2. The van der Waals surface area contributed by atoms with Crippen LogP contribution < -0.4 is 27.4 Å². The number of carbonyl (C=O) groups is 4. The highest BCUT2D eigenvalue weighted by Gasteiger charge is 2.31. The highest BCUT2D eigenvalue weighted by molar-refractivity contribution is 5.92. The monoisotopic (exact) mass is 552 g/mol. The van der Waals surface area contributed by atoms with Gasteiger partial charge in [-0.1, -0.05) is 80.9 Å². The molecule has 0 radical (unpaired) electrons. The minimum atomic E-state index is -1.01. The molecule has 0 unspecified atom stereocenters. The summed E-state index contributed by atoms with van der Waals surface area (Å²) in [5.74, 6) is -1.38. The highest BCUT2D eigenvalue weighted by atomic mass is 16.5. The van der Waals surface area contributed by atoms with E-state index in [1.165, 1.54) is 0 Å². The number of ether oxygens (including phenoxy) is 1. The van der Waals surface area contributed by atoms with Crippen molar-refractivity contribution < 1.29 is 23.9 Å². The maximum atomic E-state index is 13.3. The molecule has 2 aromatic carbocycles. The van der Waals surface area contributed by atoms with Crippen molar-refractivity contribution in [1.82, 2.24) is 16.0 Å². The van der Waals surface area contributed by atoms with Crippen LogP contribution in [0.4, 0.5) is 4.79 Å². The van der Waals surface area contributed by atoms with Gasteiger partial charge in [-0.2, -0.15) is 0 Å². The maximum absolute atomic E-state index is 13.3.